The van der Waals surface area contributed by atoms with E-state index in [2.05, 4.69) is 31.2 Å². The van der Waals surface area contributed by atoms with Crippen molar-refractivity contribution in [3.05, 3.63) is 0 Å². The summed E-state index contributed by atoms with van der Waals surface area (Å²) in [6.07, 6.45) is -0.144. The van der Waals surface area contributed by atoms with Gasteiger partial charge in [0.25, 0.3) is 0 Å². The summed E-state index contributed by atoms with van der Waals surface area (Å²) in [6, 6.07) is 0.523. The quantitative estimate of drug-likeness (QED) is 0.579. The number of ether oxygens (including phenoxy) is 2. The summed E-state index contributed by atoms with van der Waals surface area (Å²) in [4.78, 5) is 2.17. The third-order valence-corrected chi connectivity index (χ3v) is 2.16. The third-order valence-electron chi connectivity index (χ3n) is 2.16. The van der Waals surface area contributed by atoms with Crippen molar-refractivity contribution in [1.82, 2.24) is 10.2 Å². The number of hydrogen-bond donors (Lipinski definition) is 1. The normalized spacial score (nSPS) is 14.1. The third kappa shape index (κ3) is 5.99. The fourth-order valence-corrected chi connectivity index (χ4v) is 0.856. The predicted molar refractivity (Wildman–Crippen MR) is 53.8 cm³/mol. The van der Waals surface area contributed by atoms with Gasteiger partial charge < -0.3 is 19.7 Å². The lowest BCUT2D eigenvalue weighted by Gasteiger charge is -2.21. The van der Waals surface area contributed by atoms with Crippen LogP contribution in [-0.4, -0.2) is 58.6 Å². The van der Waals surface area contributed by atoms with Crippen molar-refractivity contribution in [2.24, 2.45) is 0 Å². The molecule has 0 fully saturated rings. The zero-order chi connectivity index (χ0) is 10.3. The lowest BCUT2D eigenvalue weighted by Crippen LogP contribution is -2.39. The van der Waals surface area contributed by atoms with Crippen molar-refractivity contribution >= 4 is 0 Å². The van der Waals surface area contributed by atoms with Crippen molar-refractivity contribution < 1.29 is 9.47 Å². The molecular formula is C9H22N2O2. The largest absolute Gasteiger partial charge is 0.355 e. The smallest absolute Gasteiger partial charge is 0.169 e. The lowest BCUT2D eigenvalue weighted by molar-refractivity contribution is -0.0989. The molecule has 1 atom stereocenters. The molecule has 0 saturated heterocycles. The number of rotatable bonds is 7. The first-order chi connectivity index (χ1) is 6.11. The van der Waals surface area contributed by atoms with Gasteiger partial charge in [-0.25, -0.2) is 0 Å². The summed E-state index contributed by atoms with van der Waals surface area (Å²) in [5, 5.41) is 3.28. The van der Waals surface area contributed by atoms with E-state index in [4.69, 9.17) is 9.47 Å². The molecule has 0 aliphatic rings. The molecule has 0 aliphatic carbocycles. The van der Waals surface area contributed by atoms with Gasteiger partial charge in [-0.1, -0.05) is 0 Å². The standard InChI is InChI=1S/C9H22N2O2/c1-8(11(2)3)6-10-7-9(12-4)13-5/h8-10H,6-7H2,1-5H3. The van der Waals surface area contributed by atoms with Gasteiger partial charge in [0.2, 0.25) is 0 Å². The van der Waals surface area contributed by atoms with Crippen LogP contribution in [0.4, 0.5) is 0 Å². The Morgan fingerprint density at radius 3 is 2.08 bits per heavy atom. The monoisotopic (exact) mass is 190 g/mol. The van der Waals surface area contributed by atoms with Crippen LogP contribution in [0.2, 0.25) is 0 Å². The van der Waals surface area contributed by atoms with Crippen molar-refractivity contribution in [3.8, 4) is 0 Å². The summed E-state index contributed by atoms with van der Waals surface area (Å²) < 4.78 is 10.1. The van der Waals surface area contributed by atoms with Crippen molar-refractivity contribution in [2.45, 2.75) is 19.3 Å². The van der Waals surface area contributed by atoms with Crippen LogP contribution < -0.4 is 5.32 Å². The Morgan fingerprint density at radius 2 is 1.69 bits per heavy atom. The average molecular weight is 190 g/mol. The van der Waals surface area contributed by atoms with E-state index in [0.717, 1.165) is 13.1 Å². The van der Waals surface area contributed by atoms with E-state index in [9.17, 15) is 0 Å². The van der Waals surface area contributed by atoms with Crippen LogP contribution in [0.15, 0.2) is 0 Å². The van der Waals surface area contributed by atoms with E-state index in [1.54, 1.807) is 14.2 Å². The molecular weight excluding hydrogens is 168 g/mol. The number of nitrogens with one attached hydrogen (secondary N) is 1. The van der Waals surface area contributed by atoms with E-state index < -0.39 is 0 Å². The summed E-state index contributed by atoms with van der Waals surface area (Å²) in [7, 11) is 7.42. The Kier molecular flexibility index (Phi) is 7.17. The molecule has 0 rings (SSSR count). The van der Waals surface area contributed by atoms with Crippen LogP contribution in [0.3, 0.4) is 0 Å². The second kappa shape index (κ2) is 7.26. The van der Waals surface area contributed by atoms with Crippen LogP contribution in [-0.2, 0) is 9.47 Å². The molecule has 0 heterocycles. The molecule has 0 aromatic heterocycles. The Balaban J connectivity index is 3.43. The SMILES string of the molecule is COC(CNCC(C)N(C)C)OC. The van der Waals surface area contributed by atoms with Gasteiger partial charge in [0.1, 0.15) is 0 Å². The molecule has 0 spiro atoms. The minimum absolute atomic E-state index is 0.144. The lowest BCUT2D eigenvalue weighted by atomic mass is 10.3. The summed E-state index contributed by atoms with van der Waals surface area (Å²) in [5.41, 5.74) is 0. The van der Waals surface area contributed by atoms with E-state index in [1.807, 2.05) is 0 Å². The van der Waals surface area contributed by atoms with E-state index in [-0.39, 0.29) is 6.29 Å². The molecule has 80 valence electrons. The Labute approximate surface area is 81.2 Å². The van der Waals surface area contributed by atoms with Gasteiger partial charge in [0.05, 0.1) is 0 Å². The minimum atomic E-state index is -0.144. The van der Waals surface area contributed by atoms with Gasteiger partial charge in [-0.05, 0) is 21.0 Å². The summed E-state index contributed by atoms with van der Waals surface area (Å²) in [5.74, 6) is 0. The molecule has 1 N–H and O–H groups in total. The Bertz CT molecular complexity index is 114. The van der Waals surface area contributed by atoms with Crippen LogP contribution in [0.25, 0.3) is 0 Å². The second-order valence-corrected chi connectivity index (χ2v) is 3.37. The van der Waals surface area contributed by atoms with Crippen LogP contribution >= 0.6 is 0 Å². The van der Waals surface area contributed by atoms with Crippen LogP contribution in [0.5, 0.6) is 0 Å². The molecule has 0 aliphatic heterocycles. The molecule has 0 saturated carbocycles. The zero-order valence-corrected chi connectivity index (χ0v) is 9.33. The van der Waals surface area contributed by atoms with Gasteiger partial charge in [0.15, 0.2) is 6.29 Å². The number of methoxy groups -OCH3 is 2. The Hall–Kier alpha value is -0.160. The molecule has 0 aromatic carbocycles. The number of hydrogen-bond acceptors (Lipinski definition) is 4. The average Bonchev–Trinajstić information content (AvgIpc) is 2.12. The maximum atomic E-state index is 5.04. The molecule has 1 unspecified atom stereocenters. The fourth-order valence-electron chi connectivity index (χ4n) is 0.856. The zero-order valence-electron chi connectivity index (χ0n) is 9.33. The van der Waals surface area contributed by atoms with E-state index in [0.29, 0.717) is 6.04 Å². The molecule has 4 heteroatoms. The first-order valence-electron chi connectivity index (χ1n) is 4.54. The topological polar surface area (TPSA) is 33.7 Å². The first kappa shape index (κ1) is 12.8. The minimum Gasteiger partial charge on any atom is -0.355 e. The summed E-state index contributed by atoms with van der Waals surface area (Å²) >= 11 is 0. The Morgan fingerprint density at radius 1 is 1.15 bits per heavy atom. The van der Waals surface area contributed by atoms with Crippen LogP contribution in [0.1, 0.15) is 6.92 Å². The number of likely N-dealkylation sites (N-methyl/N-ethyl adjacent to an activating group) is 1. The molecule has 0 aromatic rings. The highest BCUT2D eigenvalue weighted by Gasteiger charge is 2.06. The molecule has 0 radical (unpaired) electrons. The highest BCUT2D eigenvalue weighted by molar-refractivity contribution is 4.63. The molecule has 0 amide bonds. The highest BCUT2D eigenvalue weighted by Crippen LogP contribution is 1.91. The van der Waals surface area contributed by atoms with Crippen molar-refractivity contribution in [1.29, 1.82) is 0 Å². The van der Waals surface area contributed by atoms with E-state index in [1.165, 1.54) is 0 Å². The molecule has 0 bridgehead atoms. The highest BCUT2D eigenvalue weighted by atomic mass is 16.7. The van der Waals surface area contributed by atoms with Crippen LogP contribution in [0, 0.1) is 0 Å². The second-order valence-electron chi connectivity index (χ2n) is 3.37. The number of nitrogens with zero attached hydrogens (tertiary/aromatic N) is 1. The van der Waals surface area contributed by atoms with Gasteiger partial charge in [-0.15, -0.1) is 0 Å². The fraction of sp³-hybridized carbons (Fsp3) is 1.00. The van der Waals surface area contributed by atoms with Crippen molar-refractivity contribution in [2.75, 3.05) is 41.4 Å². The predicted octanol–water partition coefficient (Wildman–Crippen LogP) is 0.145. The van der Waals surface area contributed by atoms with Gasteiger partial charge >= 0.3 is 0 Å². The van der Waals surface area contributed by atoms with Crippen molar-refractivity contribution in [3.63, 3.8) is 0 Å². The summed E-state index contributed by atoms with van der Waals surface area (Å²) in [6.45, 7) is 3.84. The van der Waals surface area contributed by atoms with Gasteiger partial charge in [-0.2, -0.15) is 0 Å². The molecule has 13 heavy (non-hydrogen) atoms. The van der Waals surface area contributed by atoms with Gasteiger partial charge in [-0.3, -0.25) is 0 Å². The molecule has 4 nitrogen and oxygen atoms in total. The first-order valence-corrected chi connectivity index (χ1v) is 4.54. The maximum absolute atomic E-state index is 5.04. The van der Waals surface area contributed by atoms with Gasteiger partial charge in [0, 0.05) is 33.4 Å². The van der Waals surface area contributed by atoms with E-state index >= 15 is 0 Å². The maximum Gasteiger partial charge on any atom is 0.169 e.